The molecule has 0 bridgehead atoms. The Hall–Kier alpha value is -1.21. The minimum Gasteiger partial charge on any atom is -0.474 e. The largest absolute Gasteiger partial charge is 0.474 e. The predicted molar refractivity (Wildman–Crippen MR) is 66.8 cm³/mol. The van der Waals surface area contributed by atoms with Crippen molar-refractivity contribution in [1.82, 2.24) is 14.3 Å². The maximum absolute atomic E-state index is 11.4. The Kier molecular flexibility index (Phi) is 3.82. The lowest BCUT2D eigenvalue weighted by Gasteiger charge is -2.30. The summed E-state index contributed by atoms with van der Waals surface area (Å²) in [5.41, 5.74) is 0.855. The molecule has 2 rings (SSSR count). The highest BCUT2D eigenvalue weighted by atomic mass is 32.2. The van der Waals surface area contributed by atoms with Crippen molar-refractivity contribution in [1.29, 1.82) is 0 Å². The number of aryl methyl sites for hydroxylation is 1. The molecule has 0 amide bonds. The fourth-order valence-corrected chi connectivity index (χ4v) is 2.82. The molecule has 1 aliphatic rings. The Morgan fingerprint density at radius 3 is 2.56 bits per heavy atom. The van der Waals surface area contributed by atoms with E-state index in [0.29, 0.717) is 31.8 Å². The van der Waals surface area contributed by atoms with Crippen LogP contribution in [0.15, 0.2) is 12.4 Å². The monoisotopic (exact) mass is 271 g/mol. The number of hydrogen-bond acceptors (Lipinski definition) is 5. The summed E-state index contributed by atoms with van der Waals surface area (Å²) in [6.45, 7) is 2.89. The molecule has 0 saturated carbocycles. The number of nitrogens with zero attached hydrogens (tertiary/aromatic N) is 3. The molecule has 0 radical (unpaired) electrons. The van der Waals surface area contributed by atoms with Gasteiger partial charge in [0.15, 0.2) is 0 Å². The average molecular weight is 271 g/mol. The lowest BCUT2D eigenvalue weighted by atomic mass is 10.1. The van der Waals surface area contributed by atoms with E-state index in [-0.39, 0.29) is 6.10 Å². The van der Waals surface area contributed by atoms with Gasteiger partial charge in [-0.1, -0.05) is 0 Å². The van der Waals surface area contributed by atoms with Crippen molar-refractivity contribution in [3.05, 3.63) is 18.1 Å². The second-order valence-electron chi connectivity index (χ2n) is 4.48. The number of hydrogen-bond donors (Lipinski definition) is 0. The van der Waals surface area contributed by atoms with Gasteiger partial charge in [-0.3, -0.25) is 0 Å². The molecule has 1 saturated heterocycles. The van der Waals surface area contributed by atoms with Crippen molar-refractivity contribution in [2.75, 3.05) is 19.3 Å². The van der Waals surface area contributed by atoms with Crippen molar-refractivity contribution in [3.63, 3.8) is 0 Å². The van der Waals surface area contributed by atoms with Crippen LogP contribution in [0.3, 0.4) is 0 Å². The van der Waals surface area contributed by atoms with Gasteiger partial charge in [-0.15, -0.1) is 0 Å². The topological polar surface area (TPSA) is 72.4 Å². The second-order valence-corrected chi connectivity index (χ2v) is 6.46. The van der Waals surface area contributed by atoms with E-state index < -0.39 is 10.0 Å². The van der Waals surface area contributed by atoms with E-state index >= 15 is 0 Å². The zero-order chi connectivity index (χ0) is 13.2. The number of ether oxygens (including phenoxy) is 1. The highest BCUT2D eigenvalue weighted by Gasteiger charge is 2.26. The molecular formula is C11H17N3O3S. The molecule has 100 valence electrons. The summed E-state index contributed by atoms with van der Waals surface area (Å²) in [5, 5.41) is 0. The van der Waals surface area contributed by atoms with Gasteiger partial charge in [0.25, 0.3) is 0 Å². The van der Waals surface area contributed by atoms with Crippen molar-refractivity contribution in [3.8, 4) is 5.88 Å². The first-order valence-corrected chi connectivity index (χ1v) is 7.70. The minimum absolute atomic E-state index is 0.0253. The van der Waals surface area contributed by atoms with E-state index in [2.05, 4.69) is 9.97 Å². The van der Waals surface area contributed by atoms with Crippen LogP contribution >= 0.6 is 0 Å². The van der Waals surface area contributed by atoms with E-state index in [4.69, 9.17) is 4.74 Å². The first-order valence-electron chi connectivity index (χ1n) is 5.85. The molecule has 1 aliphatic heterocycles. The van der Waals surface area contributed by atoms with E-state index in [1.807, 2.05) is 6.92 Å². The summed E-state index contributed by atoms with van der Waals surface area (Å²) in [6, 6.07) is 1.78. The molecule has 18 heavy (non-hydrogen) atoms. The van der Waals surface area contributed by atoms with Gasteiger partial charge in [-0.05, 0) is 19.8 Å². The Morgan fingerprint density at radius 1 is 1.33 bits per heavy atom. The van der Waals surface area contributed by atoms with Gasteiger partial charge in [-0.2, -0.15) is 0 Å². The van der Waals surface area contributed by atoms with Gasteiger partial charge >= 0.3 is 0 Å². The Bertz CT molecular complexity index is 510. The first-order chi connectivity index (χ1) is 8.45. The van der Waals surface area contributed by atoms with Crippen LogP contribution < -0.4 is 4.74 Å². The first kappa shape index (κ1) is 13.2. The van der Waals surface area contributed by atoms with Crippen LogP contribution in [-0.4, -0.2) is 48.1 Å². The lowest BCUT2D eigenvalue weighted by Crippen LogP contribution is -2.41. The normalized spacial score (nSPS) is 18.8. The highest BCUT2D eigenvalue weighted by Crippen LogP contribution is 2.18. The van der Waals surface area contributed by atoms with Crippen LogP contribution in [0.2, 0.25) is 0 Å². The van der Waals surface area contributed by atoms with E-state index in [1.54, 1.807) is 6.07 Å². The van der Waals surface area contributed by atoms with Crippen molar-refractivity contribution in [2.24, 2.45) is 0 Å². The van der Waals surface area contributed by atoms with E-state index in [0.717, 1.165) is 5.69 Å². The molecule has 1 aromatic rings. The summed E-state index contributed by atoms with van der Waals surface area (Å²) in [4.78, 5) is 8.03. The maximum atomic E-state index is 11.4. The van der Waals surface area contributed by atoms with E-state index in [9.17, 15) is 8.42 Å². The number of sulfonamides is 1. The summed E-state index contributed by atoms with van der Waals surface area (Å²) >= 11 is 0. The fourth-order valence-electron chi connectivity index (χ4n) is 1.95. The van der Waals surface area contributed by atoms with Crippen LogP contribution in [0, 0.1) is 6.92 Å². The van der Waals surface area contributed by atoms with Gasteiger partial charge in [0.05, 0.1) is 6.26 Å². The third kappa shape index (κ3) is 3.39. The van der Waals surface area contributed by atoms with Gasteiger partial charge in [-0.25, -0.2) is 22.7 Å². The van der Waals surface area contributed by atoms with Crippen LogP contribution in [0.5, 0.6) is 5.88 Å². The number of aromatic nitrogens is 2. The number of rotatable bonds is 3. The zero-order valence-corrected chi connectivity index (χ0v) is 11.4. The third-order valence-electron chi connectivity index (χ3n) is 2.94. The summed E-state index contributed by atoms with van der Waals surface area (Å²) in [7, 11) is -3.08. The van der Waals surface area contributed by atoms with Crippen LogP contribution in [-0.2, 0) is 10.0 Å². The molecule has 0 N–H and O–H groups in total. The van der Waals surface area contributed by atoms with Gasteiger partial charge in [0.1, 0.15) is 12.4 Å². The van der Waals surface area contributed by atoms with E-state index in [1.165, 1.54) is 16.9 Å². The Labute approximate surface area is 107 Å². The van der Waals surface area contributed by atoms with Crippen molar-refractivity contribution < 1.29 is 13.2 Å². The van der Waals surface area contributed by atoms with Gasteiger partial charge in [0.2, 0.25) is 15.9 Å². The Balaban J connectivity index is 1.91. The van der Waals surface area contributed by atoms with Gasteiger partial charge in [0, 0.05) is 24.8 Å². The highest BCUT2D eigenvalue weighted by molar-refractivity contribution is 7.88. The molecule has 1 aromatic heterocycles. The molecule has 0 spiro atoms. The summed E-state index contributed by atoms with van der Waals surface area (Å²) in [5.74, 6) is 0.556. The molecular weight excluding hydrogens is 254 g/mol. The zero-order valence-electron chi connectivity index (χ0n) is 10.5. The molecule has 7 heteroatoms. The average Bonchev–Trinajstić information content (AvgIpc) is 2.28. The minimum atomic E-state index is -3.08. The standard InChI is InChI=1S/C11H17N3O3S/c1-9-7-11(13-8-12-9)17-10-3-5-14(6-4-10)18(2,15)16/h7-8,10H,3-6H2,1-2H3. The quantitative estimate of drug-likeness (QED) is 0.804. The molecule has 2 heterocycles. The predicted octanol–water partition coefficient (Wildman–Crippen LogP) is 0.588. The van der Waals surface area contributed by atoms with Crippen LogP contribution in [0.1, 0.15) is 18.5 Å². The molecule has 0 aromatic carbocycles. The van der Waals surface area contributed by atoms with Crippen molar-refractivity contribution in [2.45, 2.75) is 25.9 Å². The summed E-state index contributed by atoms with van der Waals surface area (Å²) in [6.07, 6.45) is 4.11. The third-order valence-corrected chi connectivity index (χ3v) is 4.24. The molecule has 0 atom stereocenters. The molecule has 1 fully saturated rings. The fraction of sp³-hybridized carbons (Fsp3) is 0.636. The lowest BCUT2D eigenvalue weighted by molar-refractivity contribution is 0.130. The second kappa shape index (κ2) is 5.19. The smallest absolute Gasteiger partial charge is 0.216 e. The van der Waals surface area contributed by atoms with Crippen LogP contribution in [0.25, 0.3) is 0 Å². The number of piperidine rings is 1. The van der Waals surface area contributed by atoms with Gasteiger partial charge < -0.3 is 4.74 Å². The molecule has 6 nitrogen and oxygen atoms in total. The SMILES string of the molecule is Cc1cc(OC2CCN(S(C)(=O)=O)CC2)ncn1. The molecule has 0 unspecified atom stereocenters. The van der Waals surface area contributed by atoms with Crippen LogP contribution in [0.4, 0.5) is 0 Å². The summed E-state index contributed by atoms with van der Waals surface area (Å²) < 4.78 is 29.9. The van der Waals surface area contributed by atoms with Crippen molar-refractivity contribution >= 4 is 10.0 Å². The Morgan fingerprint density at radius 2 is 2.00 bits per heavy atom. The maximum Gasteiger partial charge on any atom is 0.216 e. The molecule has 0 aliphatic carbocycles.